The highest BCUT2D eigenvalue weighted by molar-refractivity contribution is 5.78. The molecule has 0 aliphatic heterocycles. The van der Waals surface area contributed by atoms with Gasteiger partial charge in [0.25, 0.3) is 0 Å². The van der Waals surface area contributed by atoms with Gasteiger partial charge in [0.2, 0.25) is 0 Å². The minimum atomic E-state index is -0.640. The van der Waals surface area contributed by atoms with E-state index in [-0.39, 0.29) is 0 Å². The number of pyridine rings is 1. The van der Waals surface area contributed by atoms with E-state index in [0.29, 0.717) is 5.56 Å². The number of hydrogen-bond acceptors (Lipinski definition) is 3. The first-order valence-corrected chi connectivity index (χ1v) is 6.44. The second kappa shape index (κ2) is 5.55. The fraction of sp³-hybridized carbons (Fsp3) is 0.0625. The minimum absolute atomic E-state index is 0.409. The Labute approximate surface area is 120 Å². The van der Waals surface area contributed by atoms with Crippen molar-refractivity contribution in [1.82, 2.24) is 10.4 Å². The maximum atomic E-state index is 13.4. The van der Waals surface area contributed by atoms with E-state index in [1.54, 1.807) is 6.20 Å². The smallest absolute Gasteiger partial charge is 0.126 e. The molecule has 1 unspecified atom stereocenters. The number of rotatable bonds is 3. The van der Waals surface area contributed by atoms with Crippen LogP contribution in [0.4, 0.5) is 8.78 Å². The van der Waals surface area contributed by atoms with Crippen molar-refractivity contribution >= 4 is 10.9 Å². The number of para-hydroxylation sites is 1. The van der Waals surface area contributed by atoms with Gasteiger partial charge < -0.3 is 0 Å². The number of fused-ring (bicyclic) bond motifs is 1. The van der Waals surface area contributed by atoms with Gasteiger partial charge in [-0.2, -0.15) is 0 Å². The number of nitrogens with zero attached hydrogens (tertiary/aromatic N) is 1. The normalized spacial score (nSPS) is 12.5. The zero-order chi connectivity index (χ0) is 14.8. The van der Waals surface area contributed by atoms with Gasteiger partial charge in [0.1, 0.15) is 11.6 Å². The van der Waals surface area contributed by atoms with Crippen LogP contribution in [0.25, 0.3) is 10.9 Å². The van der Waals surface area contributed by atoms with Gasteiger partial charge in [-0.15, -0.1) is 0 Å². The van der Waals surface area contributed by atoms with Gasteiger partial charge in [0.15, 0.2) is 0 Å². The Hall–Kier alpha value is -2.37. The van der Waals surface area contributed by atoms with E-state index in [2.05, 4.69) is 10.4 Å². The van der Waals surface area contributed by atoms with Crippen LogP contribution in [0.15, 0.2) is 54.7 Å². The third-order valence-corrected chi connectivity index (χ3v) is 3.33. The number of aromatic nitrogens is 1. The van der Waals surface area contributed by atoms with E-state index in [9.17, 15) is 8.78 Å². The van der Waals surface area contributed by atoms with Crippen molar-refractivity contribution in [2.75, 3.05) is 0 Å². The molecule has 0 spiro atoms. The summed E-state index contributed by atoms with van der Waals surface area (Å²) in [5.41, 5.74) is 4.58. The van der Waals surface area contributed by atoms with Gasteiger partial charge in [-0.25, -0.2) is 14.2 Å². The van der Waals surface area contributed by atoms with Crippen molar-refractivity contribution in [3.63, 3.8) is 0 Å². The average Bonchev–Trinajstić information content (AvgIpc) is 2.47. The Kier molecular flexibility index (Phi) is 3.60. The molecule has 1 atom stereocenters. The number of benzene rings is 2. The molecule has 1 aromatic heterocycles. The molecule has 0 saturated carbocycles. The summed E-state index contributed by atoms with van der Waals surface area (Å²) in [7, 11) is 0. The highest BCUT2D eigenvalue weighted by Crippen LogP contribution is 2.25. The summed E-state index contributed by atoms with van der Waals surface area (Å²) in [5, 5.41) is 0.937. The first-order valence-electron chi connectivity index (χ1n) is 6.44. The molecule has 0 aliphatic rings. The van der Waals surface area contributed by atoms with E-state index in [1.807, 2.05) is 30.3 Å². The van der Waals surface area contributed by atoms with Crippen LogP contribution in [-0.4, -0.2) is 4.98 Å². The zero-order valence-corrected chi connectivity index (χ0v) is 11.1. The second-order valence-electron chi connectivity index (χ2n) is 4.76. The third-order valence-electron chi connectivity index (χ3n) is 3.33. The Morgan fingerprint density at radius 2 is 1.67 bits per heavy atom. The molecule has 106 valence electrons. The maximum Gasteiger partial charge on any atom is 0.126 e. The van der Waals surface area contributed by atoms with Crippen molar-refractivity contribution in [3.8, 4) is 0 Å². The predicted molar refractivity (Wildman–Crippen MR) is 77.3 cm³/mol. The number of nitrogens with two attached hydrogens (primary N) is 1. The molecule has 0 saturated heterocycles. The fourth-order valence-electron chi connectivity index (χ4n) is 2.37. The molecule has 21 heavy (non-hydrogen) atoms. The minimum Gasteiger partial charge on any atom is -0.271 e. The molecule has 3 aromatic rings. The lowest BCUT2D eigenvalue weighted by Gasteiger charge is -2.17. The largest absolute Gasteiger partial charge is 0.271 e. The number of nitrogens with one attached hydrogen (secondary N) is 1. The molecule has 0 radical (unpaired) electrons. The van der Waals surface area contributed by atoms with Crippen LogP contribution >= 0.6 is 0 Å². The highest BCUT2D eigenvalue weighted by Gasteiger charge is 2.15. The first kappa shape index (κ1) is 13.6. The predicted octanol–water partition coefficient (Wildman–Crippen LogP) is 3.07. The van der Waals surface area contributed by atoms with Crippen LogP contribution in [0, 0.1) is 11.6 Å². The Balaban J connectivity index is 2.08. The van der Waals surface area contributed by atoms with Gasteiger partial charge in [-0.05, 0) is 35.4 Å². The molecule has 0 aliphatic carbocycles. The Bertz CT molecular complexity index is 769. The lowest BCUT2D eigenvalue weighted by molar-refractivity contribution is 0.566. The fourth-order valence-corrected chi connectivity index (χ4v) is 2.37. The van der Waals surface area contributed by atoms with Gasteiger partial charge >= 0.3 is 0 Å². The molecule has 3 N–H and O–H groups in total. The van der Waals surface area contributed by atoms with Crippen molar-refractivity contribution in [2.24, 2.45) is 5.84 Å². The summed E-state index contributed by atoms with van der Waals surface area (Å²) in [6, 6.07) is 12.3. The molecular weight excluding hydrogens is 272 g/mol. The Morgan fingerprint density at radius 3 is 2.38 bits per heavy atom. The summed E-state index contributed by atoms with van der Waals surface area (Å²) >= 11 is 0. The van der Waals surface area contributed by atoms with Crippen LogP contribution < -0.4 is 11.3 Å². The lowest BCUT2D eigenvalue weighted by atomic mass is 9.99. The third kappa shape index (κ3) is 2.74. The van der Waals surface area contributed by atoms with Crippen LogP contribution in [0.1, 0.15) is 17.2 Å². The number of hydrazine groups is 1. The average molecular weight is 285 g/mol. The van der Waals surface area contributed by atoms with E-state index in [1.165, 1.54) is 12.1 Å². The first-order chi connectivity index (χ1) is 10.2. The van der Waals surface area contributed by atoms with E-state index in [4.69, 9.17) is 5.84 Å². The van der Waals surface area contributed by atoms with Gasteiger partial charge in [0.05, 0.1) is 11.6 Å². The van der Waals surface area contributed by atoms with Crippen LogP contribution in [0.3, 0.4) is 0 Å². The molecule has 3 rings (SSSR count). The van der Waals surface area contributed by atoms with Crippen molar-refractivity contribution < 1.29 is 8.78 Å². The maximum absolute atomic E-state index is 13.4. The summed E-state index contributed by atoms with van der Waals surface area (Å²) in [4.78, 5) is 4.34. The monoisotopic (exact) mass is 285 g/mol. The van der Waals surface area contributed by atoms with Gasteiger partial charge in [-0.1, -0.05) is 18.2 Å². The summed E-state index contributed by atoms with van der Waals surface area (Å²) in [5.74, 6) is 4.28. The van der Waals surface area contributed by atoms with Crippen molar-refractivity contribution in [3.05, 3.63) is 77.5 Å². The molecular formula is C16H13F2N3. The Morgan fingerprint density at radius 1 is 0.952 bits per heavy atom. The molecule has 3 nitrogen and oxygen atoms in total. The van der Waals surface area contributed by atoms with Crippen molar-refractivity contribution in [2.45, 2.75) is 6.04 Å². The lowest BCUT2D eigenvalue weighted by Crippen LogP contribution is -2.29. The summed E-state index contributed by atoms with van der Waals surface area (Å²) < 4.78 is 26.7. The molecule has 0 amide bonds. The quantitative estimate of drug-likeness (QED) is 0.574. The van der Waals surface area contributed by atoms with E-state index >= 15 is 0 Å². The van der Waals surface area contributed by atoms with Crippen LogP contribution in [0.5, 0.6) is 0 Å². The van der Waals surface area contributed by atoms with Crippen LogP contribution in [-0.2, 0) is 0 Å². The second-order valence-corrected chi connectivity index (χ2v) is 4.76. The number of hydrogen-bond donors (Lipinski definition) is 2. The standard InChI is InChI=1S/C16H13F2N3/c17-13-6-11(7-14(18)8-13)16(21-19)12-5-10-3-1-2-4-15(10)20-9-12/h1-9,16,21H,19H2. The number of halogens is 2. The van der Waals surface area contributed by atoms with E-state index in [0.717, 1.165) is 22.5 Å². The molecule has 0 fully saturated rings. The van der Waals surface area contributed by atoms with Gasteiger partial charge in [0, 0.05) is 17.6 Å². The van der Waals surface area contributed by atoms with Gasteiger partial charge in [-0.3, -0.25) is 10.8 Å². The van der Waals surface area contributed by atoms with E-state index < -0.39 is 17.7 Å². The summed E-state index contributed by atoms with van der Waals surface area (Å²) in [6.07, 6.45) is 1.65. The molecule has 5 heteroatoms. The SMILES string of the molecule is NNC(c1cc(F)cc(F)c1)c1cnc2ccccc2c1. The molecule has 2 aromatic carbocycles. The highest BCUT2D eigenvalue weighted by atomic mass is 19.1. The summed E-state index contributed by atoms with van der Waals surface area (Å²) in [6.45, 7) is 0. The molecule has 1 heterocycles. The van der Waals surface area contributed by atoms with Crippen LogP contribution in [0.2, 0.25) is 0 Å². The molecule has 0 bridgehead atoms. The van der Waals surface area contributed by atoms with Crippen molar-refractivity contribution in [1.29, 1.82) is 0 Å². The topological polar surface area (TPSA) is 50.9 Å². The zero-order valence-electron chi connectivity index (χ0n) is 11.1.